The molecule has 8 heteroatoms. The first-order chi connectivity index (χ1) is 12.0. The van der Waals surface area contributed by atoms with Crippen LogP contribution < -0.4 is 15.2 Å². The summed E-state index contributed by atoms with van der Waals surface area (Å²) in [6, 6.07) is 4.29. The van der Waals surface area contributed by atoms with Crippen LogP contribution in [0.1, 0.15) is 29.6 Å². The maximum atomic E-state index is 12.6. The van der Waals surface area contributed by atoms with Crippen molar-refractivity contribution in [1.82, 2.24) is 4.90 Å². The van der Waals surface area contributed by atoms with Gasteiger partial charge in [-0.2, -0.15) is 8.78 Å². The van der Waals surface area contributed by atoms with Gasteiger partial charge in [0.2, 0.25) is 0 Å². The number of halogens is 2. The number of amides is 1. The number of hydrogen-bond acceptors (Lipinski definition) is 5. The minimum absolute atomic E-state index is 0.129. The Morgan fingerprint density at radius 2 is 2.04 bits per heavy atom. The molecule has 1 heterocycles. The van der Waals surface area contributed by atoms with Crippen LogP contribution in [0.5, 0.6) is 11.5 Å². The van der Waals surface area contributed by atoms with Crippen LogP contribution in [0, 0.1) is 0 Å². The van der Waals surface area contributed by atoms with E-state index in [2.05, 4.69) is 4.74 Å². The zero-order valence-corrected chi connectivity index (χ0v) is 14.2. The third kappa shape index (κ3) is 5.54. The molecule has 140 valence electrons. The Morgan fingerprint density at radius 1 is 1.32 bits per heavy atom. The number of benzene rings is 1. The highest BCUT2D eigenvalue weighted by atomic mass is 19.3. The maximum absolute atomic E-state index is 12.6. The standard InChI is InChI=1S/C17H24F2N2O4/c1-23-14-4-3-12(11-15(14)25-17(18)19)16(22)21-8-5-13(6-9-21)24-10-2-7-20/h3-4,11,13,17H,2,5-10,20H2,1H3. The Hall–Kier alpha value is -1.93. The number of ether oxygens (including phenoxy) is 3. The van der Waals surface area contributed by atoms with Gasteiger partial charge < -0.3 is 24.8 Å². The maximum Gasteiger partial charge on any atom is 0.387 e. The van der Waals surface area contributed by atoms with Gasteiger partial charge in [0.1, 0.15) is 0 Å². The Kier molecular flexibility index (Phi) is 7.39. The SMILES string of the molecule is COc1ccc(C(=O)N2CCC(OCCCN)CC2)cc1OC(F)F. The van der Waals surface area contributed by atoms with Crippen LogP contribution in [-0.4, -0.2) is 56.9 Å². The molecular weight excluding hydrogens is 334 g/mol. The molecule has 25 heavy (non-hydrogen) atoms. The first-order valence-electron chi connectivity index (χ1n) is 8.29. The molecule has 1 fully saturated rings. The van der Waals surface area contributed by atoms with E-state index in [4.69, 9.17) is 15.2 Å². The second-order valence-electron chi connectivity index (χ2n) is 5.75. The Labute approximate surface area is 145 Å². The second kappa shape index (κ2) is 9.53. The lowest BCUT2D eigenvalue weighted by Gasteiger charge is -2.32. The molecule has 0 aromatic heterocycles. The minimum Gasteiger partial charge on any atom is -0.493 e. The van der Waals surface area contributed by atoms with Gasteiger partial charge in [-0.25, -0.2) is 0 Å². The Morgan fingerprint density at radius 3 is 2.64 bits per heavy atom. The van der Waals surface area contributed by atoms with Crippen molar-refractivity contribution in [2.75, 3.05) is 33.4 Å². The van der Waals surface area contributed by atoms with Crippen molar-refractivity contribution >= 4 is 5.91 Å². The van der Waals surface area contributed by atoms with E-state index in [-0.39, 0.29) is 23.5 Å². The van der Waals surface area contributed by atoms with Crippen molar-refractivity contribution < 1.29 is 27.8 Å². The smallest absolute Gasteiger partial charge is 0.387 e. The number of alkyl halides is 2. The van der Waals surface area contributed by atoms with Gasteiger partial charge in [0.25, 0.3) is 5.91 Å². The van der Waals surface area contributed by atoms with E-state index >= 15 is 0 Å². The van der Waals surface area contributed by atoms with Gasteiger partial charge in [0, 0.05) is 25.3 Å². The van der Waals surface area contributed by atoms with E-state index < -0.39 is 6.61 Å². The number of carbonyl (C=O) groups excluding carboxylic acids is 1. The average molecular weight is 358 g/mol. The zero-order chi connectivity index (χ0) is 18.2. The fraction of sp³-hybridized carbons (Fsp3) is 0.588. The summed E-state index contributed by atoms with van der Waals surface area (Å²) in [6.07, 6.45) is 2.43. The molecule has 0 unspecified atom stereocenters. The van der Waals surface area contributed by atoms with E-state index in [1.54, 1.807) is 11.0 Å². The molecule has 0 atom stereocenters. The fourth-order valence-electron chi connectivity index (χ4n) is 2.74. The van der Waals surface area contributed by atoms with Crippen molar-refractivity contribution in [2.24, 2.45) is 5.73 Å². The molecule has 6 nitrogen and oxygen atoms in total. The number of piperidine rings is 1. The second-order valence-corrected chi connectivity index (χ2v) is 5.75. The van der Waals surface area contributed by atoms with Crippen LogP contribution in [0.15, 0.2) is 18.2 Å². The number of nitrogens with zero attached hydrogens (tertiary/aromatic N) is 1. The quantitative estimate of drug-likeness (QED) is 0.722. The summed E-state index contributed by atoms with van der Waals surface area (Å²) in [7, 11) is 1.35. The van der Waals surface area contributed by atoms with Gasteiger partial charge in [-0.1, -0.05) is 0 Å². The molecule has 1 aromatic rings. The van der Waals surface area contributed by atoms with Crippen LogP contribution in [0.4, 0.5) is 8.78 Å². The van der Waals surface area contributed by atoms with Crippen LogP contribution in [0.2, 0.25) is 0 Å². The van der Waals surface area contributed by atoms with Crippen molar-refractivity contribution in [1.29, 1.82) is 0 Å². The third-order valence-electron chi connectivity index (χ3n) is 4.06. The van der Waals surface area contributed by atoms with E-state index in [9.17, 15) is 13.6 Å². The number of likely N-dealkylation sites (tertiary alicyclic amines) is 1. The largest absolute Gasteiger partial charge is 0.493 e. The third-order valence-corrected chi connectivity index (χ3v) is 4.06. The van der Waals surface area contributed by atoms with Gasteiger partial charge in [-0.15, -0.1) is 0 Å². The summed E-state index contributed by atoms with van der Waals surface area (Å²) in [5, 5.41) is 0. The number of carbonyl (C=O) groups is 1. The summed E-state index contributed by atoms with van der Waals surface area (Å²) in [5.74, 6) is -0.214. The van der Waals surface area contributed by atoms with Crippen molar-refractivity contribution in [3.8, 4) is 11.5 Å². The average Bonchev–Trinajstić information content (AvgIpc) is 2.61. The van der Waals surface area contributed by atoms with Crippen molar-refractivity contribution in [3.05, 3.63) is 23.8 Å². The normalized spacial score (nSPS) is 15.5. The van der Waals surface area contributed by atoms with Crippen LogP contribution in [0.25, 0.3) is 0 Å². The van der Waals surface area contributed by atoms with E-state index in [0.717, 1.165) is 19.3 Å². The molecule has 1 aliphatic heterocycles. The summed E-state index contributed by atoms with van der Waals surface area (Å²) in [6.45, 7) is -0.646. The zero-order valence-electron chi connectivity index (χ0n) is 14.2. The number of hydrogen-bond donors (Lipinski definition) is 1. The van der Waals surface area contributed by atoms with E-state index in [0.29, 0.717) is 31.8 Å². The number of rotatable bonds is 8. The fourth-order valence-corrected chi connectivity index (χ4v) is 2.74. The number of nitrogens with two attached hydrogens (primary N) is 1. The Balaban J connectivity index is 1.97. The summed E-state index contributed by atoms with van der Waals surface area (Å²) in [5.41, 5.74) is 5.72. The molecule has 0 aliphatic carbocycles. The van der Waals surface area contributed by atoms with E-state index in [1.165, 1.54) is 19.2 Å². The molecule has 2 rings (SSSR count). The van der Waals surface area contributed by atoms with Crippen LogP contribution in [-0.2, 0) is 4.74 Å². The monoisotopic (exact) mass is 358 g/mol. The summed E-state index contributed by atoms with van der Waals surface area (Å²) < 4.78 is 40.1. The molecule has 1 aromatic carbocycles. The topological polar surface area (TPSA) is 74.0 Å². The summed E-state index contributed by atoms with van der Waals surface area (Å²) >= 11 is 0. The van der Waals surface area contributed by atoms with Crippen LogP contribution in [0.3, 0.4) is 0 Å². The molecular formula is C17H24F2N2O4. The molecule has 0 saturated carbocycles. The lowest BCUT2D eigenvalue weighted by atomic mass is 10.1. The lowest BCUT2D eigenvalue weighted by Crippen LogP contribution is -2.41. The van der Waals surface area contributed by atoms with Gasteiger partial charge in [-0.3, -0.25) is 4.79 Å². The highest BCUT2D eigenvalue weighted by Gasteiger charge is 2.25. The predicted octanol–water partition coefficient (Wildman–Crippen LogP) is 2.27. The summed E-state index contributed by atoms with van der Waals surface area (Å²) in [4.78, 5) is 14.3. The van der Waals surface area contributed by atoms with Crippen molar-refractivity contribution in [2.45, 2.75) is 32.0 Å². The van der Waals surface area contributed by atoms with Gasteiger partial charge in [0.15, 0.2) is 11.5 Å². The molecule has 0 spiro atoms. The highest BCUT2D eigenvalue weighted by Crippen LogP contribution is 2.30. The lowest BCUT2D eigenvalue weighted by molar-refractivity contribution is -0.0512. The predicted molar refractivity (Wildman–Crippen MR) is 88.2 cm³/mol. The van der Waals surface area contributed by atoms with Gasteiger partial charge >= 0.3 is 6.61 Å². The first kappa shape index (κ1) is 19.4. The van der Waals surface area contributed by atoms with Gasteiger partial charge in [0.05, 0.1) is 13.2 Å². The van der Waals surface area contributed by atoms with Gasteiger partial charge in [-0.05, 0) is 44.0 Å². The first-order valence-corrected chi connectivity index (χ1v) is 8.29. The van der Waals surface area contributed by atoms with Crippen molar-refractivity contribution in [3.63, 3.8) is 0 Å². The van der Waals surface area contributed by atoms with Crippen LogP contribution >= 0.6 is 0 Å². The highest BCUT2D eigenvalue weighted by molar-refractivity contribution is 5.95. The molecule has 0 radical (unpaired) electrons. The molecule has 0 bridgehead atoms. The molecule has 1 saturated heterocycles. The van der Waals surface area contributed by atoms with E-state index in [1.807, 2.05) is 0 Å². The molecule has 2 N–H and O–H groups in total. The minimum atomic E-state index is -2.99. The Bertz CT molecular complexity index is 564. The molecule has 1 aliphatic rings. The molecule has 1 amide bonds. The number of methoxy groups -OCH3 is 1.